The Labute approximate surface area is 172 Å². The van der Waals surface area contributed by atoms with Gasteiger partial charge in [-0.2, -0.15) is 10.2 Å². The number of hydrogen-bond donors (Lipinski definition) is 1. The van der Waals surface area contributed by atoms with Gasteiger partial charge in [0.2, 0.25) is 0 Å². The molecule has 2 saturated heterocycles. The van der Waals surface area contributed by atoms with Crippen LogP contribution in [0.2, 0.25) is 0 Å². The Morgan fingerprint density at radius 1 is 1.17 bits per heavy atom. The van der Waals surface area contributed by atoms with E-state index in [-0.39, 0.29) is 12.1 Å². The van der Waals surface area contributed by atoms with Crippen molar-refractivity contribution in [2.45, 2.75) is 96.6 Å². The summed E-state index contributed by atoms with van der Waals surface area (Å²) < 4.78 is 3.51. The molecule has 2 unspecified atom stereocenters. The number of aliphatic hydroxyl groups is 1. The monoisotopic (exact) mass is 399 g/mol. The number of aromatic nitrogens is 4. The molecule has 0 radical (unpaired) electrons. The Morgan fingerprint density at radius 3 is 2.59 bits per heavy atom. The van der Waals surface area contributed by atoms with Gasteiger partial charge in [0.15, 0.2) is 0 Å². The van der Waals surface area contributed by atoms with E-state index in [1.807, 2.05) is 6.92 Å². The number of piperidine rings is 1. The Bertz CT molecular complexity index is 904. The van der Waals surface area contributed by atoms with Crippen molar-refractivity contribution in [1.29, 1.82) is 0 Å². The second kappa shape index (κ2) is 8.03. The standard InChI is InChI=1S/C22H33N5O2/c1-4-5-10-25-13-18(17(3)24-25)14-26-19-7-8-20(26)12-22(29,11-19)15-27-21(28)9-6-16(2)23-27/h6,9,13,19-20,29H,4-5,7-8,10-12,14-15H2,1-3H3. The van der Waals surface area contributed by atoms with Gasteiger partial charge in [0.25, 0.3) is 5.56 Å². The van der Waals surface area contributed by atoms with Gasteiger partial charge < -0.3 is 5.11 Å². The maximum Gasteiger partial charge on any atom is 0.266 e. The lowest BCUT2D eigenvalue weighted by molar-refractivity contribution is -0.0678. The van der Waals surface area contributed by atoms with E-state index in [4.69, 9.17) is 0 Å². The summed E-state index contributed by atoms with van der Waals surface area (Å²) >= 11 is 0. The topological polar surface area (TPSA) is 76.2 Å². The first kappa shape index (κ1) is 20.3. The Hall–Kier alpha value is -1.99. The number of fused-ring (bicyclic) bond motifs is 2. The van der Waals surface area contributed by atoms with Crippen molar-refractivity contribution in [2.75, 3.05) is 0 Å². The zero-order valence-corrected chi connectivity index (χ0v) is 17.8. The van der Waals surface area contributed by atoms with Gasteiger partial charge in [0.1, 0.15) is 0 Å². The second-order valence-electron chi connectivity index (χ2n) is 9.02. The highest BCUT2D eigenvalue weighted by Gasteiger charge is 2.47. The smallest absolute Gasteiger partial charge is 0.266 e. The molecule has 2 fully saturated rings. The van der Waals surface area contributed by atoms with Crippen LogP contribution >= 0.6 is 0 Å². The van der Waals surface area contributed by atoms with Crippen LogP contribution in [0.15, 0.2) is 23.1 Å². The van der Waals surface area contributed by atoms with Crippen LogP contribution in [0.3, 0.4) is 0 Å². The lowest BCUT2D eigenvalue weighted by atomic mass is 9.85. The second-order valence-corrected chi connectivity index (χ2v) is 9.02. The summed E-state index contributed by atoms with van der Waals surface area (Å²) in [5, 5.41) is 20.3. The predicted octanol–water partition coefficient (Wildman–Crippen LogP) is 2.41. The van der Waals surface area contributed by atoms with Gasteiger partial charge in [0.05, 0.1) is 23.5 Å². The highest BCUT2D eigenvalue weighted by molar-refractivity contribution is 5.17. The van der Waals surface area contributed by atoms with E-state index < -0.39 is 5.60 Å². The Kier molecular flexibility index (Phi) is 5.62. The molecule has 4 rings (SSSR count). The maximum absolute atomic E-state index is 12.2. The quantitative estimate of drug-likeness (QED) is 0.774. The van der Waals surface area contributed by atoms with Crippen molar-refractivity contribution < 1.29 is 5.11 Å². The fraction of sp³-hybridized carbons (Fsp3) is 0.682. The number of rotatable bonds is 7. The molecular formula is C22H33N5O2. The first-order chi connectivity index (χ1) is 13.9. The van der Waals surface area contributed by atoms with Crippen molar-refractivity contribution in [3.8, 4) is 0 Å². The number of unbranched alkanes of at least 4 members (excludes halogenated alkanes) is 1. The highest BCUT2D eigenvalue weighted by Crippen LogP contribution is 2.42. The average Bonchev–Trinajstić information content (AvgIpc) is 3.14. The molecule has 7 heteroatoms. The van der Waals surface area contributed by atoms with E-state index in [2.05, 4.69) is 39.8 Å². The van der Waals surface area contributed by atoms with Crippen molar-refractivity contribution in [1.82, 2.24) is 24.5 Å². The van der Waals surface area contributed by atoms with Gasteiger partial charge in [-0.25, -0.2) is 4.68 Å². The molecule has 158 valence electrons. The van der Waals surface area contributed by atoms with Crippen LogP contribution in [0, 0.1) is 13.8 Å². The van der Waals surface area contributed by atoms with E-state index in [0.29, 0.717) is 24.9 Å². The molecule has 2 atom stereocenters. The lowest BCUT2D eigenvalue weighted by Gasteiger charge is -2.43. The SMILES string of the molecule is CCCCn1cc(CN2C3CCC2CC(O)(Cn2nc(C)ccc2=O)C3)c(C)n1. The van der Waals surface area contributed by atoms with Crippen LogP contribution in [0.5, 0.6) is 0 Å². The molecule has 1 N–H and O–H groups in total. The fourth-order valence-electron chi connectivity index (χ4n) is 5.09. The van der Waals surface area contributed by atoms with E-state index in [0.717, 1.165) is 43.7 Å². The lowest BCUT2D eigenvalue weighted by Crippen LogP contribution is -2.53. The normalized spacial score (nSPS) is 26.9. The minimum absolute atomic E-state index is 0.145. The molecule has 0 saturated carbocycles. The first-order valence-corrected chi connectivity index (χ1v) is 10.9. The van der Waals surface area contributed by atoms with E-state index in [1.54, 1.807) is 6.07 Å². The van der Waals surface area contributed by atoms with Crippen LogP contribution in [0.25, 0.3) is 0 Å². The van der Waals surface area contributed by atoms with Crippen LogP contribution < -0.4 is 5.56 Å². The number of nitrogens with zero attached hydrogens (tertiary/aromatic N) is 5. The summed E-state index contributed by atoms with van der Waals surface area (Å²) in [5.74, 6) is 0. The highest BCUT2D eigenvalue weighted by atomic mass is 16.3. The van der Waals surface area contributed by atoms with Gasteiger partial charge >= 0.3 is 0 Å². The summed E-state index contributed by atoms with van der Waals surface area (Å²) in [4.78, 5) is 14.7. The molecule has 0 aliphatic carbocycles. The van der Waals surface area contributed by atoms with Gasteiger partial charge in [-0.05, 0) is 52.0 Å². The average molecular weight is 400 g/mol. The van der Waals surface area contributed by atoms with E-state index in [9.17, 15) is 9.90 Å². The van der Waals surface area contributed by atoms with Crippen molar-refractivity contribution >= 4 is 0 Å². The number of aryl methyl sites for hydroxylation is 3. The molecule has 0 aromatic carbocycles. The van der Waals surface area contributed by atoms with Crippen LogP contribution in [-0.2, 0) is 19.6 Å². The van der Waals surface area contributed by atoms with Crippen molar-refractivity contribution in [2.24, 2.45) is 0 Å². The van der Waals surface area contributed by atoms with Crippen LogP contribution in [0.1, 0.15) is 62.4 Å². The zero-order chi connectivity index (χ0) is 20.6. The van der Waals surface area contributed by atoms with Gasteiger partial charge in [-0.15, -0.1) is 0 Å². The minimum atomic E-state index is -0.868. The molecule has 2 aromatic rings. The maximum atomic E-state index is 12.2. The van der Waals surface area contributed by atoms with E-state index >= 15 is 0 Å². The molecule has 29 heavy (non-hydrogen) atoms. The molecule has 2 aliphatic rings. The summed E-state index contributed by atoms with van der Waals surface area (Å²) in [6.45, 7) is 8.31. The molecule has 2 aliphatic heterocycles. The summed E-state index contributed by atoms with van der Waals surface area (Å²) in [5.41, 5.74) is 2.18. The zero-order valence-electron chi connectivity index (χ0n) is 17.8. The summed E-state index contributed by atoms with van der Waals surface area (Å²) in [6, 6.07) is 3.95. The van der Waals surface area contributed by atoms with Gasteiger partial charge in [0, 0.05) is 43.0 Å². The molecule has 4 heterocycles. The van der Waals surface area contributed by atoms with Crippen LogP contribution in [0.4, 0.5) is 0 Å². The van der Waals surface area contributed by atoms with Crippen molar-refractivity contribution in [3.63, 3.8) is 0 Å². The Morgan fingerprint density at radius 2 is 1.90 bits per heavy atom. The fourth-order valence-corrected chi connectivity index (χ4v) is 5.09. The first-order valence-electron chi connectivity index (χ1n) is 10.9. The number of hydrogen-bond acceptors (Lipinski definition) is 5. The summed E-state index contributed by atoms with van der Waals surface area (Å²) in [7, 11) is 0. The summed E-state index contributed by atoms with van der Waals surface area (Å²) in [6.07, 6.45) is 8.10. The Balaban J connectivity index is 1.46. The van der Waals surface area contributed by atoms with E-state index in [1.165, 1.54) is 22.7 Å². The van der Waals surface area contributed by atoms with Gasteiger partial charge in [-0.1, -0.05) is 13.3 Å². The molecule has 2 aromatic heterocycles. The molecule has 0 spiro atoms. The predicted molar refractivity (Wildman–Crippen MR) is 112 cm³/mol. The molecule has 7 nitrogen and oxygen atoms in total. The molecule has 2 bridgehead atoms. The third-order valence-corrected chi connectivity index (χ3v) is 6.59. The minimum Gasteiger partial charge on any atom is -0.388 e. The van der Waals surface area contributed by atoms with Crippen LogP contribution in [-0.4, -0.2) is 47.3 Å². The van der Waals surface area contributed by atoms with Gasteiger partial charge in [-0.3, -0.25) is 14.4 Å². The largest absolute Gasteiger partial charge is 0.388 e. The molecular weight excluding hydrogens is 366 g/mol. The third-order valence-electron chi connectivity index (χ3n) is 6.59. The van der Waals surface area contributed by atoms with Crippen molar-refractivity contribution in [3.05, 3.63) is 45.6 Å². The molecule has 0 amide bonds. The third kappa shape index (κ3) is 4.31.